The molecule has 4 nitrogen and oxygen atoms in total. The SMILES string of the molecule is CC(C)(C)NCc1ccc(N2CCCC2(C)C)nn1. The van der Waals surface area contributed by atoms with Crippen molar-refractivity contribution in [3.8, 4) is 0 Å². The zero-order valence-electron chi connectivity index (χ0n) is 12.8. The van der Waals surface area contributed by atoms with Gasteiger partial charge in [-0.25, -0.2) is 0 Å². The molecule has 1 aliphatic rings. The molecule has 0 bridgehead atoms. The Kier molecular flexibility index (Phi) is 3.81. The Morgan fingerprint density at radius 2 is 2.00 bits per heavy atom. The minimum Gasteiger partial charge on any atom is -0.350 e. The summed E-state index contributed by atoms with van der Waals surface area (Å²) in [5, 5.41) is 12.2. The average molecular weight is 262 g/mol. The predicted octanol–water partition coefficient (Wildman–Crippen LogP) is 2.74. The Hall–Kier alpha value is -1.16. The van der Waals surface area contributed by atoms with Crippen LogP contribution in [0.2, 0.25) is 0 Å². The van der Waals surface area contributed by atoms with Crippen LogP contribution in [0, 0.1) is 0 Å². The molecule has 0 atom stereocenters. The quantitative estimate of drug-likeness (QED) is 0.909. The molecule has 1 aliphatic heterocycles. The first-order valence-electron chi connectivity index (χ1n) is 7.13. The third-order valence-electron chi connectivity index (χ3n) is 3.68. The minimum atomic E-state index is 0.108. The lowest BCUT2D eigenvalue weighted by Crippen LogP contribution is -2.39. The third kappa shape index (κ3) is 3.66. The summed E-state index contributed by atoms with van der Waals surface area (Å²) in [5.74, 6) is 1.00. The van der Waals surface area contributed by atoms with E-state index in [2.05, 4.69) is 67.2 Å². The smallest absolute Gasteiger partial charge is 0.151 e. The molecule has 0 spiro atoms. The van der Waals surface area contributed by atoms with E-state index >= 15 is 0 Å². The monoisotopic (exact) mass is 262 g/mol. The van der Waals surface area contributed by atoms with Crippen LogP contribution >= 0.6 is 0 Å². The molecular formula is C15H26N4. The highest BCUT2D eigenvalue weighted by Gasteiger charge is 2.32. The molecule has 0 aromatic carbocycles. The van der Waals surface area contributed by atoms with Gasteiger partial charge in [-0.2, -0.15) is 5.10 Å². The summed E-state index contributed by atoms with van der Waals surface area (Å²) in [7, 11) is 0. The summed E-state index contributed by atoms with van der Waals surface area (Å²) < 4.78 is 0. The molecule has 0 amide bonds. The van der Waals surface area contributed by atoms with Gasteiger partial charge in [-0.1, -0.05) is 0 Å². The van der Waals surface area contributed by atoms with Crippen molar-refractivity contribution in [2.45, 2.75) is 65.1 Å². The molecule has 1 saturated heterocycles. The molecule has 19 heavy (non-hydrogen) atoms. The van der Waals surface area contributed by atoms with Gasteiger partial charge in [0.25, 0.3) is 0 Å². The zero-order valence-corrected chi connectivity index (χ0v) is 12.8. The first-order valence-corrected chi connectivity index (χ1v) is 7.13. The Morgan fingerprint density at radius 1 is 1.26 bits per heavy atom. The van der Waals surface area contributed by atoms with Crippen LogP contribution < -0.4 is 10.2 Å². The lowest BCUT2D eigenvalue weighted by Gasteiger charge is -2.32. The lowest BCUT2D eigenvalue weighted by molar-refractivity contribution is 0.420. The minimum absolute atomic E-state index is 0.108. The van der Waals surface area contributed by atoms with Crippen molar-refractivity contribution in [3.05, 3.63) is 17.8 Å². The second-order valence-electron chi connectivity index (χ2n) is 7.05. The van der Waals surface area contributed by atoms with Crippen LogP contribution in [0.15, 0.2) is 12.1 Å². The summed E-state index contributed by atoms with van der Waals surface area (Å²) >= 11 is 0. The van der Waals surface area contributed by atoms with Crippen molar-refractivity contribution in [3.63, 3.8) is 0 Å². The van der Waals surface area contributed by atoms with E-state index in [1.165, 1.54) is 12.8 Å². The molecule has 1 aromatic heterocycles. The first-order chi connectivity index (χ1) is 8.78. The van der Waals surface area contributed by atoms with E-state index in [0.29, 0.717) is 0 Å². The maximum atomic E-state index is 4.39. The molecule has 1 N–H and O–H groups in total. The average Bonchev–Trinajstić information content (AvgIpc) is 2.66. The van der Waals surface area contributed by atoms with Gasteiger partial charge in [-0.3, -0.25) is 0 Å². The van der Waals surface area contributed by atoms with Crippen LogP contribution in [0.5, 0.6) is 0 Å². The van der Waals surface area contributed by atoms with E-state index < -0.39 is 0 Å². The molecule has 0 aliphatic carbocycles. The van der Waals surface area contributed by atoms with Gasteiger partial charge >= 0.3 is 0 Å². The summed E-state index contributed by atoms with van der Waals surface area (Å²) in [4.78, 5) is 2.36. The molecule has 1 aromatic rings. The van der Waals surface area contributed by atoms with Gasteiger partial charge in [0.05, 0.1) is 5.69 Å². The van der Waals surface area contributed by atoms with Gasteiger partial charge < -0.3 is 10.2 Å². The molecule has 106 valence electrons. The molecule has 0 radical (unpaired) electrons. The molecule has 1 fully saturated rings. The third-order valence-corrected chi connectivity index (χ3v) is 3.68. The molecule has 0 unspecified atom stereocenters. The largest absolute Gasteiger partial charge is 0.350 e. The summed E-state index contributed by atoms with van der Waals surface area (Å²) in [6.07, 6.45) is 2.46. The number of hydrogen-bond acceptors (Lipinski definition) is 4. The van der Waals surface area contributed by atoms with E-state index in [1.54, 1.807) is 0 Å². The summed E-state index contributed by atoms with van der Waals surface area (Å²) in [6.45, 7) is 12.9. The van der Waals surface area contributed by atoms with Crippen molar-refractivity contribution in [1.29, 1.82) is 0 Å². The van der Waals surface area contributed by atoms with Crippen LogP contribution in [0.1, 0.15) is 53.2 Å². The number of nitrogens with one attached hydrogen (secondary N) is 1. The Morgan fingerprint density at radius 3 is 2.47 bits per heavy atom. The van der Waals surface area contributed by atoms with Crippen LogP contribution in [0.4, 0.5) is 5.82 Å². The standard InChI is InChI=1S/C15H26N4/c1-14(2,3)16-11-12-7-8-13(18-17-12)19-10-6-9-15(19,4)5/h7-8,16H,6,9-11H2,1-5H3. The predicted molar refractivity (Wildman–Crippen MR) is 79.3 cm³/mol. The number of anilines is 1. The fourth-order valence-electron chi connectivity index (χ4n) is 2.48. The topological polar surface area (TPSA) is 41.0 Å². The van der Waals surface area contributed by atoms with Crippen LogP contribution in [-0.2, 0) is 6.54 Å². The van der Waals surface area contributed by atoms with Crippen molar-refractivity contribution >= 4 is 5.82 Å². The fraction of sp³-hybridized carbons (Fsp3) is 0.733. The van der Waals surface area contributed by atoms with Crippen LogP contribution in [0.25, 0.3) is 0 Å². The molecule has 2 rings (SSSR count). The van der Waals surface area contributed by atoms with Gasteiger partial charge in [0.2, 0.25) is 0 Å². The summed E-state index contributed by atoms with van der Waals surface area (Å²) in [6, 6.07) is 4.18. The van der Waals surface area contributed by atoms with Crippen molar-refractivity contribution in [1.82, 2.24) is 15.5 Å². The maximum absolute atomic E-state index is 4.39. The van der Waals surface area contributed by atoms with Gasteiger partial charge in [0, 0.05) is 24.2 Å². The molecular weight excluding hydrogens is 236 g/mol. The van der Waals surface area contributed by atoms with E-state index in [4.69, 9.17) is 0 Å². The second-order valence-corrected chi connectivity index (χ2v) is 7.05. The number of hydrogen-bond donors (Lipinski definition) is 1. The van der Waals surface area contributed by atoms with E-state index in [0.717, 1.165) is 24.6 Å². The highest BCUT2D eigenvalue weighted by molar-refractivity contribution is 5.42. The Bertz CT molecular complexity index is 417. The number of aromatic nitrogens is 2. The van der Waals surface area contributed by atoms with Gasteiger partial charge in [0.15, 0.2) is 5.82 Å². The molecule has 2 heterocycles. The van der Waals surface area contributed by atoms with Gasteiger partial charge in [-0.05, 0) is 59.6 Å². The second kappa shape index (κ2) is 5.08. The fourth-order valence-corrected chi connectivity index (χ4v) is 2.48. The zero-order chi connectivity index (χ0) is 14.1. The van der Waals surface area contributed by atoms with Crippen molar-refractivity contribution in [2.24, 2.45) is 0 Å². The van der Waals surface area contributed by atoms with Crippen molar-refractivity contribution in [2.75, 3.05) is 11.4 Å². The molecule has 0 saturated carbocycles. The van der Waals surface area contributed by atoms with Gasteiger partial charge in [0.1, 0.15) is 0 Å². The highest BCUT2D eigenvalue weighted by Crippen LogP contribution is 2.31. The summed E-state index contributed by atoms with van der Waals surface area (Å²) in [5.41, 5.74) is 1.31. The lowest BCUT2D eigenvalue weighted by atomic mass is 10.0. The first kappa shape index (κ1) is 14.3. The van der Waals surface area contributed by atoms with Crippen LogP contribution in [-0.4, -0.2) is 27.8 Å². The van der Waals surface area contributed by atoms with Crippen molar-refractivity contribution < 1.29 is 0 Å². The normalized spacial score (nSPS) is 18.9. The van der Waals surface area contributed by atoms with E-state index in [9.17, 15) is 0 Å². The van der Waals surface area contributed by atoms with E-state index in [1.807, 2.05) is 0 Å². The Labute approximate surface area is 116 Å². The Balaban J connectivity index is 2.03. The highest BCUT2D eigenvalue weighted by atomic mass is 15.3. The van der Waals surface area contributed by atoms with Gasteiger partial charge in [-0.15, -0.1) is 5.10 Å². The molecule has 4 heteroatoms. The van der Waals surface area contributed by atoms with E-state index in [-0.39, 0.29) is 11.1 Å². The number of rotatable bonds is 3. The van der Waals surface area contributed by atoms with Crippen LogP contribution in [0.3, 0.4) is 0 Å². The number of nitrogens with zero attached hydrogens (tertiary/aromatic N) is 3. The maximum Gasteiger partial charge on any atom is 0.151 e.